The van der Waals surface area contributed by atoms with Gasteiger partial charge in [-0.3, -0.25) is 9.69 Å². The maximum atomic E-state index is 12.3. The highest BCUT2D eigenvalue weighted by Gasteiger charge is 2.14. The molecule has 116 valence electrons. The van der Waals surface area contributed by atoms with E-state index in [0.29, 0.717) is 24.5 Å². The Kier molecular flexibility index (Phi) is 5.35. The maximum Gasteiger partial charge on any atom is 0.286 e. The molecular weight excluding hydrogens is 320 g/mol. The van der Waals surface area contributed by atoms with Crippen molar-refractivity contribution in [1.29, 1.82) is 5.26 Å². The van der Waals surface area contributed by atoms with Gasteiger partial charge in [-0.1, -0.05) is 18.5 Å². The maximum absolute atomic E-state index is 12.3. The fraction of sp³-hybridized carbons (Fsp3) is 0.400. The zero-order chi connectivity index (χ0) is 16.3. The van der Waals surface area contributed by atoms with Gasteiger partial charge in [0.2, 0.25) is 0 Å². The van der Waals surface area contributed by atoms with Crippen molar-refractivity contribution in [3.63, 3.8) is 0 Å². The molecule has 22 heavy (non-hydrogen) atoms. The molecule has 0 fully saturated rings. The first-order valence-electron chi connectivity index (χ1n) is 6.91. The number of aryl methyl sites for hydroxylation is 1. The molecule has 0 bridgehead atoms. The molecule has 0 N–H and O–H groups in total. The summed E-state index contributed by atoms with van der Waals surface area (Å²) in [6.07, 6.45) is 0. The molecule has 7 heteroatoms. The lowest BCUT2D eigenvalue weighted by molar-refractivity contribution is 0.205. The Morgan fingerprint density at radius 3 is 2.73 bits per heavy atom. The van der Waals surface area contributed by atoms with Gasteiger partial charge in [0, 0.05) is 11.4 Å². The molecule has 0 atom stereocenters. The van der Waals surface area contributed by atoms with Crippen molar-refractivity contribution in [2.75, 3.05) is 6.54 Å². The summed E-state index contributed by atoms with van der Waals surface area (Å²) in [7, 11) is 0. The largest absolute Gasteiger partial charge is 0.286 e. The Morgan fingerprint density at radius 2 is 2.18 bits per heavy atom. The van der Waals surface area contributed by atoms with Crippen LogP contribution in [0.5, 0.6) is 0 Å². The molecule has 2 rings (SSSR count). The predicted octanol–water partition coefficient (Wildman–Crippen LogP) is 2.93. The predicted molar refractivity (Wildman–Crippen MR) is 88.1 cm³/mol. The molecule has 0 unspecified atom stereocenters. The smallest absolute Gasteiger partial charge is 0.279 e. The van der Waals surface area contributed by atoms with Gasteiger partial charge in [-0.25, -0.2) is 4.68 Å². The summed E-state index contributed by atoms with van der Waals surface area (Å²) in [6, 6.07) is 5.83. The highest BCUT2D eigenvalue weighted by atomic mass is 35.5. The summed E-state index contributed by atoms with van der Waals surface area (Å²) < 4.78 is 2.11. The van der Waals surface area contributed by atoms with Gasteiger partial charge in [-0.05, 0) is 38.1 Å². The topological polar surface area (TPSA) is 61.9 Å². The lowest BCUT2D eigenvalue weighted by Crippen LogP contribution is -2.35. The van der Waals surface area contributed by atoms with E-state index in [4.69, 9.17) is 16.9 Å². The van der Waals surface area contributed by atoms with E-state index in [1.165, 1.54) is 16.0 Å². The molecule has 2 aromatic rings. The summed E-state index contributed by atoms with van der Waals surface area (Å²) in [5.41, 5.74) is 1.18. The van der Waals surface area contributed by atoms with Gasteiger partial charge in [0.1, 0.15) is 11.6 Å². The quantitative estimate of drug-likeness (QED) is 0.842. The van der Waals surface area contributed by atoms with Crippen molar-refractivity contribution in [3.8, 4) is 6.07 Å². The minimum absolute atomic E-state index is 0.169. The first-order valence-corrected chi connectivity index (χ1v) is 8.10. The third-order valence-corrected chi connectivity index (χ3v) is 4.75. The first kappa shape index (κ1) is 16.7. The fourth-order valence-corrected chi connectivity index (χ4v) is 3.24. The van der Waals surface area contributed by atoms with Crippen LogP contribution in [-0.4, -0.2) is 21.2 Å². The van der Waals surface area contributed by atoms with Gasteiger partial charge in [-0.15, -0.1) is 11.3 Å². The summed E-state index contributed by atoms with van der Waals surface area (Å²) in [4.78, 5) is 15.5. The fourth-order valence-electron chi connectivity index (χ4n) is 2.11. The second-order valence-electron chi connectivity index (χ2n) is 4.99. The standard InChI is InChI=1S/C15H17ClN4OS/c1-4-19(8-12-5-6-14(16)22-12)9-20-15(21)13(7-17)10(2)11(3)18-20/h5-6H,4,8-9H2,1-3H3. The normalized spacial score (nSPS) is 10.9. The van der Waals surface area contributed by atoms with Crippen molar-refractivity contribution >= 4 is 22.9 Å². The third kappa shape index (κ3) is 3.55. The second-order valence-corrected chi connectivity index (χ2v) is 6.79. The minimum atomic E-state index is -0.340. The Labute approximate surface area is 138 Å². The van der Waals surface area contributed by atoms with Gasteiger partial charge in [0.05, 0.1) is 16.7 Å². The van der Waals surface area contributed by atoms with E-state index in [-0.39, 0.29) is 11.1 Å². The number of hydrogen-bond acceptors (Lipinski definition) is 5. The molecule has 5 nitrogen and oxygen atoms in total. The lowest BCUT2D eigenvalue weighted by atomic mass is 10.1. The Bertz CT molecular complexity index is 775. The summed E-state index contributed by atoms with van der Waals surface area (Å²) >= 11 is 7.47. The molecule has 0 radical (unpaired) electrons. The molecule has 0 saturated carbocycles. The lowest BCUT2D eigenvalue weighted by Gasteiger charge is -2.20. The Balaban J connectivity index is 2.27. The van der Waals surface area contributed by atoms with Crippen LogP contribution in [0.4, 0.5) is 0 Å². The van der Waals surface area contributed by atoms with Gasteiger partial charge < -0.3 is 0 Å². The Hall–Kier alpha value is -1.68. The Morgan fingerprint density at radius 1 is 1.45 bits per heavy atom. The molecule has 2 aromatic heterocycles. The zero-order valence-corrected chi connectivity index (χ0v) is 14.3. The van der Waals surface area contributed by atoms with E-state index in [1.54, 1.807) is 13.8 Å². The number of halogens is 1. The third-order valence-electron chi connectivity index (χ3n) is 3.54. The van der Waals surface area contributed by atoms with Crippen molar-refractivity contribution < 1.29 is 0 Å². The highest BCUT2D eigenvalue weighted by molar-refractivity contribution is 7.16. The molecule has 2 heterocycles. The molecule has 0 aliphatic heterocycles. The average molecular weight is 337 g/mol. The van der Waals surface area contributed by atoms with Gasteiger partial charge in [-0.2, -0.15) is 10.4 Å². The van der Waals surface area contributed by atoms with Crippen LogP contribution in [0.25, 0.3) is 0 Å². The van der Waals surface area contributed by atoms with Crippen molar-refractivity contribution in [2.24, 2.45) is 0 Å². The van der Waals surface area contributed by atoms with Gasteiger partial charge in [0.15, 0.2) is 0 Å². The van der Waals surface area contributed by atoms with Crippen LogP contribution in [0.15, 0.2) is 16.9 Å². The van der Waals surface area contributed by atoms with Crippen LogP contribution in [0, 0.1) is 25.2 Å². The average Bonchev–Trinajstić information content (AvgIpc) is 2.89. The van der Waals surface area contributed by atoms with Crippen LogP contribution in [0.1, 0.15) is 28.6 Å². The van der Waals surface area contributed by atoms with Crippen LogP contribution >= 0.6 is 22.9 Å². The SMILES string of the molecule is CCN(Cc1ccc(Cl)s1)Cn1nc(C)c(C)c(C#N)c1=O. The number of hydrogen-bond donors (Lipinski definition) is 0. The van der Waals surface area contributed by atoms with Crippen molar-refractivity contribution in [2.45, 2.75) is 34.0 Å². The van der Waals surface area contributed by atoms with Crippen LogP contribution in [0.2, 0.25) is 4.34 Å². The summed E-state index contributed by atoms with van der Waals surface area (Å²) in [5, 5.41) is 13.5. The van der Waals surface area contributed by atoms with Gasteiger partial charge in [0.25, 0.3) is 5.56 Å². The molecule has 0 aliphatic rings. The summed E-state index contributed by atoms with van der Waals surface area (Å²) in [6.45, 7) is 7.38. The van der Waals surface area contributed by atoms with E-state index < -0.39 is 0 Å². The molecule has 0 aromatic carbocycles. The van der Waals surface area contributed by atoms with E-state index >= 15 is 0 Å². The second kappa shape index (κ2) is 7.05. The summed E-state index contributed by atoms with van der Waals surface area (Å²) in [5.74, 6) is 0. The first-order chi connectivity index (χ1) is 10.5. The number of thiophene rings is 1. The number of aromatic nitrogens is 2. The molecule has 0 spiro atoms. The van der Waals surface area contributed by atoms with Crippen LogP contribution < -0.4 is 5.56 Å². The minimum Gasteiger partial charge on any atom is -0.279 e. The zero-order valence-electron chi connectivity index (χ0n) is 12.8. The number of nitrogens with zero attached hydrogens (tertiary/aromatic N) is 4. The molecule has 0 saturated heterocycles. The van der Waals surface area contributed by atoms with Crippen molar-refractivity contribution in [3.05, 3.63) is 48.5 Å². The van der Waals surface area contributed by atoms with Crippen LogP contribution in [0.3, 0.4) is 0 Å². The van der Waals surface area contributed by atoms with Gasteiger partial charge >= 0.3 is 0 Å². The van der Waals surface area contributed by atoms with E-state index in [0.717, 1.165) is 15.8 Å². The number of rotatable bonds is 5. The molecule has 0 aliphatic carbocycles. The monoisotopic (exact) mass is 336 g/mol. The molecular formula is C15H17ClN4OS. The van der Waals surface area contributed by atoms with E-state index in [2.05, 4.69) is 10.00 Å². The van der Waals surface area contributed by atoms with Crippen LogP contribution in [-0.2, 0) is 13.2 Å². The van der Waals surface area contributed by atoms with E-state index in [9.17, 15) is 4.79 Å². The van der Waals surface area contributed by atoms with Crippen molar-refractivity contribution in [1.82, 2.24) is 14.7 Å². The highest BCUT2D eigenvalue weighted by Crippen LogP contribution is 2.22. The molecule has 0 amide bonds. The number of nitriles is 1. The van der Waals surface area contributed by atoms with E-state index in [1.807, 2.05) is 25.1 Å².